The van der Waals surface area contributed by atoms with Gasteiger partial charge in [-0.25, -0.2) is 4.98 Å². The minimum absolute atomic E-state index is 0.00528. The van der Waals surface area contributed by atoms with Crippen molar-refractivity contribution < 1.29 is 17.9 Å². The summed E-state index contributed by atoms with van der Waals surface area (Å²) in [4.78, 5) is 3.38. The Morgan fingerprint density at radius 3 is 2.40 bits per heavy atom. The molecule has 3 nitrogen and oxygen atoms in total. The van der Waals surface area contributed by atoms with E-state index in [4.69, 9.17) is 5.26 Å². The van der Waals surface area contributed by atoms with Crippen LogP contribution in [0.1, 0.15) is 5.69 Å². The Labute approximate surface area is 99.1 Å². The predicted octanol–water partition coefficient (Wildman–Crippen LogP) is 3.38. The van der Waals surface area contributed by atoms with Crippen LogP contribution in [0.15, 0.2) is 15.0 Å². The Balaban J connectivity index is 3.15. The van der Waals surface area contributed by atoms with Gasteiger partial charge in [0.15, 0.2) is 5.69 Å². The Bertz CT molecular complexity index is 427. The van der Waals surface area contributed by atoms with Gasteiger partial charge in [-0.15, -0.1) is 13.2 Å². The highest BCUT2D eigenvalue weighted by Gasteiger charge is 2.33. The van der Waals surface area contributed by atoms with E-state index in [1.165, 1.54) is 6.07 Å². The van der Waals surface area contributed by atoms with Crippen molar-refractivity contribution in [3.05, 3.63) is 20.7 Å². The summed E-state index contributed by atoms with van der Waals surface area (Å²) in [6, 6.07) is 2.88. The SMILES string of the molecule is N#Cc1nc(OC(F)(F)F)c(Br)cc1Br. The third-order valence-electron chi connectivity index (χ3n) is 1.22. The molecule has 1 aromatic heterocycles. The Hall–Kier alpha value is -0.810. The van der Waals surface area contributed by atoms with Gasteiger partial charge in [-0.1, -0.05) is 0 Å². The van der Waals surface area contributed by atoms with Crippen molar-refractivity contribution >= 4 is 31.9 Å². The van der Waals surface area contributed by atoms with Gasteiger partial charge in [-0.2, -0.15) is 5.26 Å². The first-order valence-electron chi connectivity index (χ1n) is 3.35. The molecule has 8 heteroatoms. The molecule has 15 heavy (non-hydrogen) atoms. The monoisotopic (exact) mass is 344 g/mol. The lowest BCUT2D eigenvalue weighted by molar-refractivity contribution is -0.276. The molecule has 80 valence electrons. The molecule has 0 atom stereocenters. The van der Waals surface area contributed by atoms with Gasteiger partial charge in [0.05, 0.1) is 8.95 Å². The molecule has 1 rings (SSSR count). The summed E-state index contributed by atoms with van der Waals surface area (Å²) in [5.41, 5.74) is -0.183. The van der Waals surface area contributed by atoms with Crippen LogP contribution in [0.2, 0.25) is 0 Å². The largest absolute Gasteiger partial charge is 0.574 e. The molecule has 0 fully saturated rings. The predicted molar refractivity (Wildman–Crippen MR) is 51.0 cm³/mol. The van der Waals surface area contributed by atoms with E-state index in [-0.39, 0.29) is 14.6 Å². The first-order valence-corrected chi connectivity index (χ1v) is 4.94. The van der Waals surface area contributed by atoms with E-state index in [2.05, 4.69) is 41.6 Å². The summed E-state index contributed by atoms with van der Waals surface area (Å²) >= 11 is 5.81. The van der Waals surface area contributed by atoms with Gasteiger partial charge < -0.3 is 4.74 Å². The molecule has 0 N–H and O–H groups in total. The second-order valence-corrected chi connectivity index (χ2v) is 3.97. The van der Waals surface area contributed by atoms with Gasteiger partial charge in [0.2, 0.25) is 5.88 Å². The molecular weight excluding hydrogens is 345 g/mol. The van der Waals surface area contributed by atoms with Crippen LogP contribution in [0.25, 0.3) is 0 Å². The molecule has 0 saturated carbocycles. The lowest BCUT2D eigenvalue weighted by Gasteiger charge is -2.09. The fraction of sp³-hybridized carbons (Fsp3) is 0.143. The molecule has 1 heterocycles. The van der Waals surface area contributed by atoms with Crippen LogP contribution >= 0.6 is 31.9 Å². The fourth-order valence-corrected chi connectivity index (χ4v) is 1.82. The van der Waals surface area contributed by atoms with E-state index in [0.717, 1.165) is 0 Å². The van der Waals surface area contributed by atoms with E-state index in [1.807, 2.05) is 0 Å². The number of halogens is 5. The molecule has 1 aromatic rings. The van der Waals surface area contributed by atoms with Crippen LogP contribution < -0.4 is 4.74 Å². The van der Waals surface area contributed by atoms with Crippen LogP contribution in [0.4, 0.5) is 13.2 Å². The standard InChI is InChI=1S/C7HBr2F3N2O/c8-3-1-4(9)6(14-5(3)2-13)15-7(10,11)12/h1H. The van der Waals surface area contributed by atoms with E-state index in [1.54, 1.807) is 6.07 Å². The third-order valence-corrected chi connectivity index (χ3v) is 2.39. The maximum atomic E-state index is 11.9. The molecule has 0 aromatic carbocycles. The zero-order chi connectivity index (χ0) is 11.6. The molecule has 0 saturated heterocycles. The Morgan fingerprint density at radius 2 is 1.93 bits per heavy atom. The first kappa shape index (κ1) is 12.3. The normalized spacial score (nSPS) is 10.9. The second kappa shape index (κ2) is 4.37. The van der Waals surface area contributed by atoms with Gasteiger partial charge in [-0.05, 0) is 37.9 Å². The summed E-state index contributed by atoms with van der Waals surface area (Å²) in [6.07, 6.45) is -4.84. The lowest BCUT2D eigenvalue weighted by atomic mass is 10.4. The molecule has 0 radical (unpaired) electrons. The van der Waals surface area contributed by atoms with Crippen LogP contribution in [0.3, 0.4) is 0 Å². The molecule has 0 aliphatic heterocycles. The number of nitrogens with zero attached hydrogens (tertiary/aromatic N) is 2. The molecule has 0 aliphatic carbocycles. The first-order chi connectivity index (χ1) is 6.83. The number of hydrogen-bond acceptors (Lipinski definition) is 3. The van der Waals surface area contributed by atoms with Crippen molar-refractivity contribution in [3.8, 4) is 11.9 Å². The topological polar surface area (TPSA) is 45.9 Å². The van der Waals surface area contributed by atoms with Crippen molar-refractivity contribution in [1.29, 1.82) is 5.26 Å². The summed E-state index contributed by atoms with van der Waals surface area (Å²) in [5, 5.41) is 8.54. The van der Waals surface area contributed by atoms with E-state index in [0.29, 0.717) is 0 Å². The molecule has 0 bridgehead atoms. The van der Waals surface area contributed by atoms with Gasteiger partial charge >= 0.3 is 6.36 Å². The molecule has 0 unspecified atom stereocenters. The van der Waals surface area contributed by atoms with Crippen molar-refractivity contribution in [3.63, 3.8) is 0 Å². The highest BCUT2D eigenvalue weighted by molar-refractivity contribution is 9.11. The minimum Gasteiger partial charge on any atom is -0.387 e. The van der Waals surface area contributed by atoms with Gasteiger partial charge in [0, 0.05) is 0 Å². The van der Waals surface area contributed by atoms with Gasteiger partial charge in [0.1, 0.15) is 6.07 Å². The summed E-state index contributed by atoms with van der Waals surface area (Å²) in [5.74, 6) is -0.692. The zero-order valence-electron chi connectivity index (χ0n) is 6.77. The zero-order valence-corrected chi connectivity index (χ0v) is 9.94. The van der Waals surface area contributed by atoms with E-state index < -0.39 is 12.2 Å². The number of rotatable bonds is 1. The highest BCUT2D eigenvalue weighted by Crippen LogP contribution is 2.31. The summed E-state index contributed by atoms with van der Waals surface area (Å²) < 4.78 is 39.5. The number of hydrogen-bond donors (Lipinski definition) is 0. The number of pyridine rings is 1. The highest BCUT2D eigenvalue weighted by atomic mass is 79.9. The molecular formula is C7HBr2F3N2O. The van der Waals surface area contributed by atoms with Crippen LogP contribution in [0.5, 0.6) is 5.88 Å². The smallest absolute Gasteiger partial charge is 0.387 e. The van der Waals surface area contributed by atoms with E-state index >= 15 is 0 Å². The maximum absolute atomic E-state index is 11.9. The van der Waals surface area contributed by atoms with Crippen molar-refractivity contribution in [2.45, 2.75) is 6.36 Å². The number of nitriles is 1. The van der Waals surface area contributed by atoms with Crippen LogP contribution in [0, 0.1) is 11.3 Å². The van der Waals surface area contributed by atoms with Crippen molar-refractivity contribution in [1.82, 2.24) is 4.98 Å². The third kappa shape index (κ3) is 3.35. The van der Waals surface area contributed by atoms with Crippen LogP contribution in [-0.2, 0) is 0 Å². The summed E-state index contributed by atoms with van der Waals surface area (Å²) in [6.45, 7) is 0. The van der Waals surface area contributed by atoms with Crippen molar-refractivity contribution in [2.75, 3.05) is 0 Å². The Kier molecular flexibility index (Phi) is 3.57. The average molecular weight is 346 g/mol. The minimum atomic E-state index is -4.84. The van der Waals surface area contributed by atoms with E-state index in [9.17, 15) is 13.2 Å². The second-order valence-electron chi connectivity index (χ2n) is 2.27. The number of aromatic nitrogens is 1. The Morgan fingerprint density at radius 1 is 1.33 bits per heavy atom. The van der Waals surface area contributed by atoms with Crippen molar-refractivity contribution in [2.24, 2.45) is 0 Å². The summed E-state index contributed by atoms with van der Waals surface area (Å²) in [7, 11) is 0. The lowest BCUT2D eigenvalue weighted by Crippen LogP contribution is -2.18. The number of ether oxygens (including phenoxy) is 1. The van der Waals surface area contributed by atoms with Gasteiger partial charge in [-0.3, -0.25) is 0 Å². The maximum Gasteiger partial charge on any atom is 0.574 e. The average Bonchev–Trinajstić information content (AvgIpc) is 2.07. The fourth-order valence-electron chi connectivity index (χ4n) is 0.709. The molecule has 0 spiro atoms. The quantitative estimate of drug-likeness (QED) is 0.783. The van der Waals surface area contributed by atoms with Gasteiger partial charge in [0.25, 0.3) is 0 Å². The molecule has 0 amide bonds. The van der Waals surface area contributed by atoms with Crippen LogP contribution in [-0.4, -0.2) is 11.3 Å². The molecule has 0 aliphatic rings. The number of alkyl halides is 3.